The van der Waals surface area contributed by atoms with Crippen molar-refractivity contribution in [3.8, 4) is 6.07 Å². The number of rotatable bonds is 4. The van der Waals surface area contributed by atoms with E-state index in [-0.39, 0.29) is 0 Å². The van der Waals surface area contributed by atoms with Crippen molar-refractivity contribution in [2.45, 2.75) is 47.1 Å². The van der Waals surface area contributed by atoms with Crippen molar-refractivity contribution in [1.29, 1.82) is 5.26 Å². The number of hydrogen-bond acceptors (Lipinski definition) is 3. The first-order valence-corrected chi connectivity index (χ1v) is 7.14. The van der Waals surface area contributed by atoms with Crippen LogP contribution in [0.1, 0.15) is 41.0 Å². The van der Waals surface area contributed by atoms with Gasteiger partial charge in [-0.25, -0.2) is 0 Å². The molecule has 18 heavy (non-hydrogen) atoms. The smallest absolute Gasteiger partial charge is 0.0866 e. The van der Waals surface area contributed by atoms with Gasteiger partial charge >= 0.3 is 0 Å². The molecule has 0 aromatic carbocycles. The second-order valence-electron chi connectivity index (χ2n) is 7.23. The quantitative estimate of drug-likeness (QED) is 0.780. The monoisotopic (exact) mass is 251 g/mol. The molecule has 0 spiro atoms. The van der Waals surface area contributed by atoms with Crippen LogP contribution >= 0.6 is 0 Å². The Morgan fingerprint density at radius 3 is 2.50 bits per heavy atom. The summed E-state index contributed by atoms with van der Waals surface area (Å²) in [5, 5.41) is 12.6. The fourth-order valence-corrected chi connectivity index (χ4v) is 2.54. The van der Waals surface area contributed by atoms with Crippen molar-refractivity contribution in [3.63, 3.8) is 0 Å². The Balaban J connectivity index is 2.53. The molecule has 0 radical (unpaired) electrons. The number of nitrogens with one attached hydrogen (secondary N) is 1. The van der Waals surface area contributed by atoms with Gasteiger partial charge in [0.05, 0.1) is 12.6 Å². The van der Waals surface area contributed by atoms with Gasteiger partial charge in [-0.05, 0) is 23.7 Å². The molecule has 2 atom stereocenters. The zero-order chi connectivity index (χ0) is 13.8. The van der Waals surface area contributed by atoms with Crippen LogP contribution < -0.4 is 5.32 Å². The number of nitriles is 1. The fourth-order valence-electron chi connectivity index (χ4n) is 2.54. The van der Waals surface area contributed by atoms with Crippen LogP contribution in [-0.4, -0.2) is 37.1 Å². The SMILES string of the molecule is CC(C)C1CC(NCC(C)(C)C)CN(CC#N)C1. The average molecular weight is 251 g/mol. The average Bonchev–Trinajstić information content (AvgIpc) is 2.25. The summed E-state index contributed by atoms with van der Waals surface area (Å²) in [5.41, 5.74) is 0.324. The highest BCUT2D eigenvalue weighted by Gasteiger charge is 2.29. The summed E-state index contributed by atoms with van der Waals surface area (Å²) in [7, 11) is 0. The lowest BCUT2D eigenvalue weighted by molar-refractivity contribution is 0.123. The minimum atomic E-state index is 0.324. The second-order valence-corrected chi connectivity index (χ2v) is 7.23. The first-order valence-electron chi connectivity index (χ1n) is 7.14. The van der Waals surface area contributed by atoms with Crippen LogP contribution in [0.3, 0.4) is 0 Å². The highest BCUT2D eigenvalue weighted by molar-refractivity contribution is 4.89. The van der Waals surface area contributed by atoms with Gasteiger partial charge in [0.1, 0.15) is 0 Å². The Bertz CT molecular complexity index is 285. The van der Waals surface area contributed by atoms with Gasteiger partial charge in [0, 0.05) is 25.7 Å². The van der Waals surface area contributed by atoms with Gasteiger partial charge < -0.3 is 5.32 Å². The first-order chi connectivity index (χ1) is 8.31. The van der Waals surface area contributed by atoms with Crippen LogP contribution in [-0.2, 0) is 0 Å². The van der Waals surface area contributed by atoms with Crippen LogP contribution in [0, 0.1) is 28.6 Å². The summed E-state index contributed by atoms with van der Waals surface area (Å²) in [4.78, 5) is 2.30. The number of piperidine rings is 1. The maximum absolute atomic E-state index is 8.88. The molecule has 0 bridgehead atoms. The Kier molecular flexibility index (Phi) is 5.62. The number of likely N-dealkylation sites (tertiary alicyclic amines) is 1. The molecule has 1 fully saturated rings. The summed E-state index contributed by atoms with van der Waals surface area (Å²) in [6.07, 6.45) is 1.25. The molecule has 3 nitrogen and oxygen atoms in total. The molecule has 1 aliphatic rings. The molecule has 0 aliphatic carbocycles. The van der Waals surface area contributed by atoms with Gasteiger partial charge in [-0.1, -0.05) is 34.6 Å². The summed E-state index contributed by atoms with van der Waals surface area (Å²) >= 11 is 0. The normalized spacial score (nSPS) is 26.3. The van der Waals surface area contributed by atoms with Crippen LogP contribution in [0.4, 0.5) is 0 Å². The molecule has 1 N–H and O–H groups in total. The molecule has 1 rings (SSSR count). The maximum Gasteiger partial charge on any atom is 0.0866 e. The zero-order valence-corrected chi connectivity index (χ0v) is 12.7. The Labute approximate surface area is 113 Å². The largest absolute Gasteiger partial charge is 0.312 e. The van der Waals surface area contributed by atoms with Gasteiger partial charge in [0.25, 0.3) is 0 Å². The molecule has 2 unspecified atom stereocenters. The molecule has 1 heterocycles. The molecule has 3 heteroatoms. The maximum atomic E-state index is 8.88. The van der Waals surface area contributed by atoms with Gasteiger partial charge in [0.15, 0.2) is 0 Å². The molecule has 0 saturated carbocycles. The molecule has 104 valence electrons. The minimum absolute atomic E-state index is 0.324. The summed E-state index contributed by atoms with van der Waals surface area (Å²) in [5.74, 6) is 1.41. The predicted octanol–water partition coefficient (Wildman–Crippen LogP) is 2.49. The summed E-state index contributed by atoms with van der Waals surface area (Å²) in [6.45, 7) is 15.1. The highest BCUT2D eigenvalue weighted by atomic mass is 15.2. The van der Waals surface area contributed by atoms with E-state index in [1.807, 2.05) is 0 Å². The van der Waals surface area contributed by atoms with E-state index < -0.39 is 0 Å². The molecule has 1 saturated heterocycles. The van der Waals surface area contributed by atoms with E-state index in [1.165, 1.54) is 6.42 Å². The van der Waals surface area contributed by atoms with E-state index in [9.17, 15) is 0 Å². The second kappa shape index (κ2) is 6.54. The van der Waals surface area contributed by atoms with Crippen molar-refractivity contribution < 1.29 is 0 Å². The van der Waals surface area contributed by atoms with Crippen LogP contribution in [0.15, 0.2) is 0 Å². The van der Waals surface area contributed by atoms with E-state index in [1.54, 1.807) is 0 Å². The van der Waals surface area contributed by atoms with Gasteiger partial charge in [-0.2, -0.15) is 5.26 Å². The van der Waals surface area contributed by atoms with E-state index in [0.29, 0.717) is 29.8 Å². The third-order valence-corrected chi connectivity index (χ3v) is 3.72. The molecular formula is C15H29N3. The minimum Gasteiger partial charge on any atom is -0.312 e. The third-order valence-electron chi connectivity index (χ3n) is 3.72. The lowest BCUT2D eigenvalue weighted by Gasteiger charge is -2.39. The van der Waals surface area contributed by atoms with E-state index in [4.69, 9.17) is 5.26 Å². The summed E-state index contributed by atoms with van der Waals surface area (Å²) in [6, 6.07) is 2.83. The molecular weight excluding hydrogens is 222 g/mol. The molecule has 1 aliphatic heterocycles. The van der Waals surface area contributed by atoms with E-state index >= 15 is 0 Å². The van der Waals surface area contributed by atoms with Crippen LogP contribution in [0.5, 0.6) is 0 Å². The number of hydrogen-bond donors (Lipinski definition) is 1. The first kappa shape index (κ1) is 15.5. The van der Waals surface area contributed by atoms with E-state index in [0.717, 1.165) is 19.6 Å². The van der Waals surface area contributed by atoms with Crippen molar-refractivity contribution in [2.75, 3.05) is 26.2 Å². The fraction of sp³-hybridized carbons (Fsp3) is 0.933. The Hall–Kier alpha value is -0.590. The van der Waals surface area contributed by atoms with Gasteiger partial charge in [-0.15, -0.1) is 0 Å². The molecule has 0 aromatic heterocycles. The van der Waals surface area contributed by atoms with Crippen molar-refractivity contribution in [2.24, 2.45) is 17.3 Å². The van der Waals surface area contributed by atoms with Gasteiger partial charge in [0.2, 0.25) is 0 Å². The predicted molar refractivity (Wildman–Crippen MR) is 76.2 cm³/mol. The molecule has 0 amide bonds. The van der Waals surface area contributed by atoms with Crippen molar-refractivity contribution >= 4 is 0 Å². The Morgan fingerprint density at radius 2 is 2.00 bits per heavy atom. The Morgan fingerprint density at radius 1 is 1.33 bits per heavy atom. The zero-order valence-electron chi connectivity index (χ0n) is 12.7. The topological polar surface area (TPSA) is 39.1 Å². The summed E-state index contributed by atoms with van der Waals surface area (Å²) < 4.78 is 0. The van der Waals surface area contributed by atoms with Crippen molar-refractivity contribution in [1.82, 2.24) is 10.2 Å². The lowest BCUT2D eigenvalue weighted by Crippen LogP contribution is -2.51. The highest BCUT2D eigenvalue weighted by Crippen LogP contribution is 2.24. The number of nitrogens with zero attached hydrogens (tertiary/aromatic N) is 2. The van der Waals surface area contributed by atoms with Crippen LogP contribution in [0.2, 0.25) is 0 Å². The third kappa shape index (κ3) is 5.37. The van der Waals surface area contributed by atoms with Crippen molar-refractivity contribution in [3.05, 3.63) is 0 Å². The van der Waals surface area contributed by atoms with Crippen LogP contribution in [0.25, 0.3) is 0 Å². The molecule has 0 aromatic rings. The standard InChI is InChI=1S/C15H29N3/c1-12(2)13-8-14(17-11-15(3,4)5)10-18(9-13)7-6-16/h12-14,17H,7-11H2,1-5H3. The van der Waals surface area contributed by atoms with Gasteiger partial charge in [-0.3, -0.25) is 4.90 Å². The lowest BCUT2D eigenvalue weighted by atomic mass is 9.85. The van der Waals surface area contributed by atoms with E-state index in [2.05, 4.69) is 50.9 Å².